The molecule has 3 N–H and O–H groups in total. The van der Waals surface area contributed by atoms with E-state index in [0.29, 0.717) is 29.6 Å². The quantitative estimate of drug-likeness (QED) is 0.466. The number of aromatic nitrogens is 6. The van der Waals surface area contributed by atoms with Crippen molar-refractivity contribution in [2.75, 3.05) is 11.9 Å². The maximum atomic E-state index is 14.1. The van der Waals surface area contributed by atoms with Gasteiger partial charge in [0.25, 0.3) is 0 Å². The molecule has 1 saturated heterocycles. The second-order valence-electron chi connectivity index (χ2n) is 8.79. The van der Waals surface area contributed by atoms with Crippen LogP contribution in [0.25, 0.3) is 27.9 Å². The minimum Gasteiger partial charge on any atom is -0.356 e. The van der Waals surface area contributed by atoms with Crippen LogP contribution in [-0.2, 0) is 10.9 Å². The van der Waals surface area contributed by atoms with Gasteiger partial charge in [0, 0.05) is 31.1 Å². The van der Waals surface area contributed by atoms with Gasteiger partial charge in [-0.2, -0.15) is 18.3 Å². The molecule has 178 valence electrons. The van der Waals surface area contributed by atoms with Crippen molar-refractivity contribution in [3.05, 3.63) is 36.2 Å². The van der Waals surface area contributed by atoms with Crippen molar-refractivity contribution in [2.45, 2.75) is 56.6 Å². The molecule has 34 heavy (non-hydrogen) atoms. The van der Waals surface area contributed by atoms with E-state index in [0.717, 1.165) is 31.9 Å². The molecule has 0 aromatic carbocycles. The molecule has 2 fully saturated rings. The summed E-state index contributed by atoms with van der Waals surface area (Å²) in [5.41, 5.74) is 5.93. The molecular formula is C22H23F3N8O. The molecule has 4 aromatic heterocycles. The van der Waals surface area contributed by atoms with Crippen LogP contribution in [0.4, 0.5) is 19.1 Å². The number of fused-ring (bicyclic) bond motifs is 3. The number of anilines is 1. The second-order valence-corrected chi connectivity index (χ2v) is 8.79. The van der Waals surface area contributed by atoms with Gasteiger partial charge in [0.2, 0.25) is 5.95 Å². The first-order chi connectivity index (χ1) is 16.4. The predicted octanol–water partition coefficient (Wildman–Crippen LogP) is 3.76. The predicted molar refractivity (Wildman–Crippen MR) is 118 cm³/mol. The fourth-order valence-corrected chi connectivity index (χ4v) is 4.57. The van der Waals surface area contributed by atoms with Crippen molar-refractivity contribution in [3.8, 4) is 11.4 Å². The Balaban J connectivity index is 1.57. The lowest BCUT2D eigenvalue weighted by Gasteiger charge is -2.34. The van der Waals surface area contributed by atoms with E-state index in [9.17, 15) is 13.2 Å². The first kappa shape index (κ1) is 21.3. The largest absolute Gasteiger partial charge is 0.420 e. The van der Waals surface area contributed by atoms with Crippen LogP contribution in [0.15, 0.2) is 30.6 Å². The van der Waals surface area contributed by atoms with E-state index in [1.54, 1.807) is 21.5 Å². The third kappa shape index (κ3) is 3.48. The molecule has 1 saturated carbocycles. The van der Waals surface area contributed by atoms with Crippen molar-refractivity contribution in [1.82, 2.24) is 29.4 Å². The van der Waals surface area contributed by atoms with Crippen LogP contribution < -0.4 is 11.1 Å². The number of rotatable bonds is 4. The van der Waals surface area contributed by atoms with E-state index in [1.807, 2.05) is 12.1 Å². The number of alkyl halides is 3. The van der Waals surface area contributed by atoms with Crippen LogP contribution in [0.3, 0.4) is 0 Å². The molecule has 4 aromatic rings. The van der Waals surface area contributed by atoms with Crippen LogP contribution in [0.2, 0.25) is 0 Å². The van der Waals surface area contributed by atoms with Crippen molar-refractivity contribution < 1.29 is 17.9 Å². The van der Waals surface area contributed by atoms with Crippen molar-refractivity contribution in [1.29, 1.82) is 0 Å². The number of nitrogens with one attached hydrogen (secondary N) is 1. The van der Waals surface area contributed by atoms with E-state index in [1.165, 1.54) is 0 Å². The van der Waals surface area contributed by atoms with Crippen LogP contribution in [0.5, 0.6) is 0 Å². The Labute approximate surface area is 192 Å². The first-order valence-corrected chi connectivity index (χ1v) is 11.3. The molecule has 5 heterocycles. The van der Waals surface area contributed by atoms with Gasteiger partial charge in [0.05, 0.1) is 10.9 Å². The lowest BCUT2D eigenvalue weighted by Crippen LogP contribution is -2.49. The van der Waals surface area contributed by atoms with Crippen LogP contribution in [0.1, 0.15) is 43.9 Å². The van der Waals surface area contributed by atoms with E-state index < -0.39 is 18.0 Å². The highest BCUT2D eigenvalue weighted by atomic mass is 19.4. The summed E-state index contributed by atoms with van der Waals surface area (Å²) < 4.78 is 51.3. The summed E-state index contributed by atoms with van der Waals surface area (Å²) in [5, 5.41) is 12.8. The Morgan fingerprint density at radius 1 is 1.09 bits per heavy atom. The van der Waals surface area contributed by atoms with Gasteiger partial charge in [-0.05, 0) is 44.2 Å². The van der Waals surface area contributed by atoms with Gasteiger partial charge in [0.15, 0.2) is 11.9 Å². The van der Waals surface area contributed by atoms with E-state index in [2.05, 4.69) is 25.5 Å². The summed E-state index contributed by atoms with van der Waals surface area (Å²) >= 11 is 0. The van der Waals surface area contributed by atoms with E-state index in [4.69, 9.17) is 10.5 Å². The Morgan fingerprint density at radius 3 is 2.68 bits per heavy atom. The van der Waals surface area contributed by atoms with Crippen LogP contribution in [0, 0.1) is 0 Å². The molecule has 0 amide bonds. The molecule has 3 atom stereocenters. The molecule has 0 radical (unpaired) electrons. The summed E-state index contributed by atoms with van der Waals surface area (Å²) in [6.07, 6.45) is 1.72. The van der Waals surface area contributed by atoms with Crippen molar-refractivity contribution >= 4 is 22.5 Å². The minimum absolute atomic E-state index is 0.0743. The molecule has 6 rings (SSSR count). The van der Waals surface area contributed by atoms with Gasteiger partial charge in [-0.25, -0.2) is 19.2 Å². The molecule has 1 aliphatic heterocycles. The zero-order valence-electron chi connectivity index (χ0n) is 18.2. The summed E-state index contributed by atoms with van der Waals surface area (Å²) in [7, 11) is 0. The van der Waals surface area contributed by atoms with Gasteiger partial charge in [-0.15, -0.1) is 5.10 Å². The summed E-state index contributed by atoms with van der Waals surface area (Å²) in [5.74, 6) is 0.0937. The average Bonchev–Trinajstić information content (AvgIpc) is 3.39. The lowest BCUT2D eigenvalue weighted by atomic mass is 9.87. The summed E-state index contributed by atoms with van der Waals surface area (Å²) in [4.78, 5) is 8.25. The van der Waals surface area contributed by atoms with Crippen LogP contribution >= 0.6 is 0 Å². The average molecular weight is 472 g/mol. The molecule has 2 aliphatic rings. The third-order valence-corrected chi connectivity index (χ3v) is 6.57. The number of nitrogens with zero attached hydrogens (tertiary/aromatic N) is 6. The highest BCUT2D eigenvalue weighted by Crippen LogP contribution is 2.40. The van der Waals surface area contributed by atoms with Gasteiger partial charge in [0.1, 0.15) is 17.0 Å². The Kier molecular flexibility index (Phi) is 4.96. The fourth-order valence-electron chi connectivity index (χ4n) is 4.57. The highest BCUT2D eigenvalue weighted by molar-refractivity contribution is 6.03. The molecule has 0 spiro atoms. The van der Waals surface area contributed by atoms with Gasteiger partial charge in [-0.1, -0.05) is 6.07 Å². The standard InChI is InChI=1S/C22H23F3N8O/c23-22(24,25)12-11-27-21(28-14-8-7-13(14)26)29-18(12)19-17-15-5-1-3-9-32(15)31-20(17)33(30-19)16-6-2-4-10-34-16/h1,3,5,9,11,13-14,16H,2,4,6-8,10,26H2,(H,27,28,29)/t13-,14-,16?/m0/s1. The first-order valence-electron chi connectivity index (χ1n) is 11.3. The SMILES string of the molecule is N[C@H]1CC[C@@H]1Nc1ncc(C(F)(F)F)c(-c2nn(C3CCCCO3)c3nn4ccccc4c23)n1. The maximum Gasteiger partial charge on any atom is 0.420 e. The molecular weight excluding hydrogens is 449 g/mol. The zero-order valence-corrected chi connectivity index (χ0v) is 18.2. The summed E-state index contributed by atoms with van der Waals surface area (Å²) in [6, 6.07) is 5.26. The molecule has 1 unspecified atom stereocenters. The normalized spacial score (nSPS) is 23.4. The minimum atomic E-state index is -4.67. The molecule has 0 bridgehead atoms. The van der Waals surface area contributed by atoms with Gasteiger partial charge in [-0.3, -0.25) is 0 Å². The monoisotopic (exact) mass is 472 g/mol. The Hall–Kier alpha value is -3.25. The van der Waals surface area contributed by atoms with E-state index >= 15 is 0 Å². The molecule has 9 nitrogen and oxygen atoms in total. The number of hydrogen-bond acceptors (Lipinski definition) is 7. The number of hydrogen-bond donors (Lipinski definition) is 2. The van der Waals surface area contributed by atoms with E-state index in [-0.39, 0.29) is 29.4 Å². The third-order valence-electron chi connectivity index (χ3n) is 6.57. The van der Waals surface area contributed by atoms with Crippen LogP contribution in [-0.4, -0.2) is 48.1 Å². The second kappa shape index (κ2) is 7.91. The topological polar surface area (TPSA) is 108 Å². The Bertz CT molecular complexity index is 1360. The smallest absolute Gasteiger partial charge is 0.356 e. The van der Waals surface area contributed by atoms with Gasteiger partial charge < -0.3 is 15.8 Å². The number of pyridine rings is 1. The molecule has 12 heteroatoms. The summed E-state index contributed by atoms with van der Waals surface area (Å²) in [6.45, 7) is 0.561. The number of nitrogens with two attached hydrogens (primary N) is 1. The maximum absolute atomic E-state index is 14.1. The van der Waals surface area contributed by atoms with Crippen molar-refractivity contribution in [3.63, 3.8) is 0 Å². The fraction of sp³-hybridized carbons (Fsp3) is 0.455. The number of ether oxygens (including phenoxy) is 1. The number of halogens is 3. The van der Waals surface area contributed by atoms with Crippen molar-refractivity contribution in [2.24, 2.45) is 5.73 Å². The lowest BCUT2D eigenvalue weighted by molar-refractivity contribution is -0.137. The van der Waals surface area contributed by atoms with Gasteiger partial charge >= 0.3 is 6.18 Å². The Morgan fingerprint density at radius 2 is 1.97 bits per heavy atom. The zero-order chi connectivity index (χ0) is 23.4. The molecule has 1 aliphatic carbocycles. The highest BCUT2D eigenvalue weighted by Gasteiger charge is 2.38.